The summed E-state index contributed by atoms with van der Waals surface area (Å²) >= 11 is 0. The first-order chi connectivity index (χ1) is 9.02. The van der Waals surface area contributed by atoms with Gasteiger partial charge in [0.2, 0.25) is 0 Å². The molecule has 4 nitrogen and oxygen atoms in total. The first-order valence-corrected chi connectivity index (χ1v) is 8.02. The standard InChI is InChI=1S/C13H17FO4S/c14-12-3-1-2-4-13(12)18-8-11(7-15)10-5-6-19(16,17)9-10/h1-4,10-11,15H,5-9H2. The number of sulfone groups is 1. The predicted molar refractivity (Wildman–Crippen MR) is 69.2 cm³/mol. The van der Waals surface area contributed by atoms with Crippen LogP contribution in [0, 0.1) is 17.7 Å². The molecule has 0 aliphatic carbocycles. The van der Waals surface area contributed by atoms with E-state index in [0.29, 0.717) is 6.42 Å². The second-order valence-electron chi connectivity index (χ2n) is 4.85. The van der Waals surface area contributed by atoms with Gasteiger partial charge in [-0.2, -0.15) is 0 Å². The quantitative estimate of drug-likeness (QED) is 0.885. The summed E-state index contributed by atoms with van der Waals surface area (Å²) in [4.78, 5) is 0. The van der Waals surface area contributed by atoms with E-state index >= 15 is 0 Å². The number of hydrogen-bond donors (Lipinski definition) is 1. The van der Waals surface area contributed by atoms with E-state index < -0.39 is 15.7 Å². The third kappa shape index (κ3) is 3.67. The number of benzene rings is 1. The third-order valence-electron chi connectivity index (χ3n) is 3.46. The molecule has 1 aromatic carbocycles. The van der Waals surface area contributed by atoms with Crippen LogP contribution in [-0.2, 0) is 9.84 Å². The van der Waals surface area contributed by atoms with Crippen LogP contribution in [0.2, 0.25) is 0 Å². The van der Waals surface area contributed by atoms with Crippen molar-refractivity contribution in [1.82, 2.24) is 0 Å². The molecule has 0 amide bonds. The monoisotopic (exact) mass is 288 g/mol. The van der Waals surface area contributed by atoms with Gasteiger partial charge in [0.15, 0.2) is 21.4 Å². The first-order valence-electron chi connectivity index (χ1n) is 6.20. The van der Waals surface area contributed by atoms with Crippen LogP contribution < -0.4 is 4.74 Å². The van der Waals surface area contributed by atoms with Gasteiger partial charge in [-0.1, -0.05) is 12.1 Å². The van der Waals surface area contributed by atoms with Crippen LogP contribution in [-0.4, -0.2) is 38.2 Å². The molecule has 6 heteroatoms. The van der Waals surface area contributed by atoms with Crippen molar-refractivity contribution in [2.75, 3.05) is 24.7 Å². The lowest BCUT2D eigenvalue weighted by Crippen LogP contribution is -2.26. The van der Waals surface area contributed by atoms with E-state index in [1.54, 1.807) is 12.1 Å². The Morgan fingerprint density at radius 1 is 1.42 bits per heavy atom. The third-order valence-corrected chi connectivity index (χ3v) is 5.25. The fourth-order valence-electron chi connectivity index (χ4n) is 2.29. The van der Waals surface area contributed by atoms with Crippen LogP contribution >= 0.6 is 0 Å². The van der Waals surface area contributed by atoms with Crippen LogP contribution in [0.4, 0.5) is 4.39 Å². The van der Waals surface area contributed by atoms with E-state index in [-0.39, 0.29) is 42.3 Å². The molecule has 0 aromatic heterocycles. The number of hydrogen-bond acceptors (Lipinski definition) is 4. The maximum Gasteiger partial charge on any atom is 0.165 e. The number of para-hydroxylation sites is 1. The van der Waals surface area contributed by atoms with Crippen molar-refractivity contribution in [2.45, 2.75) is 6.42 Å². The fourth-order valence-corrected chi connectivity index (χ4v) is 4.21. The van der Waals surface area contributed by atoms with Gasteiger partial charge in [-0.3, -0.25) is 0 Å². The second kappa shape index (κ2) is 5.88. The van der Waals surface area contributed by atoms with E-state index in [4.69, 9.17) is 4.74 Å². The molecule has 0 saturated carbocycles. The molecule has 1 aromatic rings. The summed E-state index contributed by atoms with van der Waals surface area (Å²) in [5.74, 6) is -0.481. The average Bonchev–Trinajstić information content (AvgIpc) is 2.73. The number of rotatable bonds is 5. The van der Waals surface area contributed by atoms with Crippen LogP contribution in [0.25, 0.3) is 0 Å². The van der Waals surface area contributed by atoms with Crippen molar-refractivity contribution in [3.05, 3.63) is 30.1 Å². The van der Waals surface area contributed by atoms with Crippen molar-refractivity contribution in [3.63, 3.8) is 0 Å². The SMILES string of the molecule is O=S1(=O)CCC(C(CO)COc2ccccc2F)C1. The van der Waals surface area contributed by atoms with Crippen molar-refractivity contribution in [2.24, 2.45) is 11.8 Å². The van der Waals surface area contributed by atoms with Gasteiger partial charge in [-0.15, -0.1) is 0 Å². The molecule has 19 heavy (non-hydrogen) atoms. The molecular weight excluding hydrogens is 271 g/mol. The Morgan fingerprint density at radius 2 is 2.16 bits per heavy atom. The van der Waals surface area contributed by atoms with Crippen molar-refractivity contribution < 1.29 is 22.7 Å². The Bertz CT molecular complexity index is 529. The number of ether oxygens (including phenoxy) is 1. The highest BCUT2D eigenvalue weighted by Crippen LogP contribution is 2.27. The molecule has 0 spiro atoms. The molecule has 2 rings (SSSR count). The van der Waals surface area contributed by atoms with Gasteiger partial charge in [0.25, 0.3) is 0 Å². The maximum absolute atomic E-state index is 13.4. The van der Waals surface area contributed by atoms with E-state index in [2.05, 4.69) is 0 Å². The summed E-state index contributed by atoms with van der Waals surface area (Å²) in [6.07, 6.45) is 0.536. The van der Waals surface area contributed by atoms with Crippen molar-refractivity contribution in [3.8, 4) is 5.75 Å². The summed E-state index contributed by atoms with van der Waals surface area (Å²) in [6.45, 7) is -0.0355. The molecule has 1 aliphatic rings. The molecule has 2 unspecified atom stereocenters. The van der Waals surface area contributed by atoms with E-state index in [0.717, 1.165) is 0 Å². The summed E-state index contributed by atoms with van der Waals surface area (Å²) in [6, 6.07) is 6.03. The highest BCUT2D eigenvalue weighted by molar-refractivity contribution is 7.91. The molecule has 1 saturated heterocycles. The van der Waals surface area contributed by atoms with E-state index in [1.807, 2.05) is 0 Å². The van der Waals surface area contributed by atoms with Gasteiger partial charge in [0.05, 0.1) is 18.1 Å². The van der Waals surface area contributed by atoms with Crippen molar-refractivity contribution >= 4 is 9.84 Å². The number of halogens is 1. The molecule has 0 radical (unpaired) electrons. The van der Waals surface area contributed by atoms with Crippen LogP contribution in [0.1, 0.15) is 6.42 Å². The van der Waals surface area contributed by atoms with Gasteiger partial charge < -0.3 is 9.84 Å². The molecule has 1 heterocycles. The minimum atomic E-state index is -2.98. The normalized spacial score (nSPS) is 23.2. The van der Waals surface area contributed by atoms with Crippen molar-refractivity contribution in [1.29, 1.82) is 0 Å². The Hall–Kier alpha value is -1.14. The Kier molecular flexibility index (Phi) is 4.42. The molecule has 1 aliphatic heterocycles. The van der Waals surface area contributed by atoms with Gasteiger partial charge >= 0.3 is 0 Å². The number of aliphatic hydroxyl groups is 1. The lowest BCUT2D eigenvalue weighted by Gasteiger charge is -2.20. The Morgan fingerprint density at radius 3 is 2.74 bits per heavy atom. The van der Waals surface area contributed by atoms with Crippen LogP contribution in [0.5, 0.6) is 5.75 Å². The highest BCUT2D eigenvalue weighted by Gasteiger charge is 2.33. The average molecular weight is 288 g/mol. The molecular formula is C13H17FO4S. The van der Waals surface area contributed by atoms with E-state index in [1.165, 1.54) is 12.1 Å². The number of aliphatic hydroxyl groups excluding tert-OH is 1. The zero-order valence-corrected chi connectivity index (χ0v) is 11.3. The minimum Gasteiger partial charge on any atom is -0.490 e. The minimum absolute atomic E-state index is 0.0822. The summed E-state index contributed by atoms with van der Waals surface area (Å²) in [7, 11) is -2.98. The first kappa shape index (κ1) is 14.3. The zero-order valence-electron chi connectivity index (χ0n) is 10.5. The smallest absolute Gasteiger partial charge is 0.165 e. The van der Waals surface area contributed by atoms with Gasteiger partial charge in [0.1, 0.15) is 0 Å². The van der Waals surface area contributed by atoms with Gasteiger partial charge in [-0.25, -0.2) is 12.8 Å². The molecule has 0 bridgehead atoms. The lowest BCUT2D eigenvalue weighted by molar-refractivity contribution is 0.123. The summed E-state index contributed by atoms with van der Waals surface area (Å²) < 4.78 is 41.5. The largest absolute Gasteiger partial charge is 0.490 e. The summed E-state index contributed by atoms with van der Waals surface area (Å²) in [5.41, 5.74) is 0. The summed E-state index contributed by atoms with van der Waals surface area (Å²) in [5, 5.41) is 9.34. The Labute approximate surface area is 112 Å². The molecule has 1 fully saturated rings. The van der Waals surface area contributed by atoms with E-state index in [9.17, 15) is 17.9 Å². The van der Waals surface area contributed by atoms with Gasteiger partial charge in [-0.05, 0) is 24.5 Å². The molecule has 2 atom stereocenters. The topological polar surface area (TPSA) is 63.6 Å². The van der Waals surface area contributed by atoms with Crippen LogP contribution in [0.15, 0.2) is 24.3 Å². The predicted octanol–water partition coefficient (Wildman–Crippen LogP) is 1.25. The fraction of sp³-hybridized carbons (Fsp3) is 0.538. The second-order valence-corrected chi connectivity index (χ2v) is 7.08. The molecule has 106 valence electrons. The zero-order chi connectivity index (χ0) is 13.9. The van der Waals surface area contributed by atoms with Gasteiger partial charge in [0, 0.05) is 12.5 Å². The maximum atomic E-state index is 13.4. The lowest BCUT2D eigenvalue weighted by atomic mass is 9.93. The Balaban J connectivity index is 1.95. The highest BCUT2D eigenvalue weighted by atomic mass is 32.2. The molecule has 1 N–H and O–H groups in total. The van der Waals surface area contributed by atoms with Crippen LogP contribution in [0.3, 0.4) is 0 Å².